The first-order valence-corrected chi connectivity index (χ1v) is 26.7. The summed E-state index contributed by atoms with van der Waals surface area (Å²) in [6.07, 6.45) is -1.05. The van der Waals surface area contributed by atoms with E-state index in [4.69, 9.17) is 18.0 Å². The first kappa shape index (κ1) is 43.9. The van der Waals surface area contributed by atoms with Gasteiger partial charge in [-0.3, -0.25) is 9.59 Å². The van der Waals surface area contributed by atoms with Crippen LogP contribution in [0.1, 0.15) is 91.1 Å². The van der Waals surface area contributed by atoms with Gasteiger partial charge in [-0.25, -0.2) is 0 Å². The molecular formula is C39H67NO7Si3. The molecule has 8 nitrogen and oxygen atoms in total. The van der Waals surface area contributed by atoms with Crippen molar-refractivity contribution >= 4 is 36.8 Å². The number of aliphatic carboxylic acids is 1. The molecule has 0 saturated carbocycles. The molecule has 2 rings (SSSR count). The Balaban J connectivity index is 2.63. The number of para-hydroxylation sites is 1. The SMILES string of the molecule is CC(C)(C)[Si](C)(C)OC[C@H](NC(=O)c1ccccc1OCc1ccccc1)[C@@H](C[C@H](CC(=O)O)O[Si](C)(C)C(C)(C)C)O[Si](C)(C)C(C)(C)C. The van der Waals surface area contributed by atoms with Gasteiger partial charge in [0, 0.05) is 0 Å². The van der Waals surface area contributed by atoms with Crippen molar-refractivity contribution < 1.29 is 32.7 Å². The third-order valence-electron chi connectivity index (χ3n) is 11.0. The summed E-state index contributed by atoms with van der Waals surface area (Å²) in [5.74, 6) is -0.756. The Morgan fingerprint density at radius 2 is 1.22 bits per heavy atom. The van der Waals surface area contributed by atoms with E-state index in [1.165, 1.54) is 0 Å². The number of amides is 1. The summed E-state index contributed by atoms with van der Waals surface area (Å²) in [5.41, 5.74) is 1.41. The summed E-state index contributed by atoms with van der Waals surface area (Å²) in [7, 11) is -7.09. The Hall–Kier alpha value is -2.29. The minimum Gasteiger partial charge on any atom is -0.488 e. The molecule has 1 amide bonds. The monoisotopic (exact) mass is 745 g/mol. The number of carboxylic acid groups (broad SMARTS) is 1. The minimum absolute atomic E-state index is 0.0630. The normalized spacial score (nSPS) is 15.3. The van der Waals surface area contributed by atoms with Crippen LogP contribution in [-0.4, -0.2) is 66.8 Å². The van der Waals surface area contributed by atoms with Crippen molar-refractivity contribution in [1.82, 2.24) is 5.32 Å². The molecule has 282 valence electrons. The van der Waals surface area contributed by atoms with Crippen LogP contribution in [0.4, 0.5) is 0 Å². The van der Waals surface area contributed by atoms with Crippen LogP contribution in [0.25, 0.3) is 0 Å². The van der Waals surface area contributed by atoms with Gasteiger partial charge in [0.25, 0.3) is 5.91 Å². The summed E-state index contributed by atoms with van der Waals surface area (Å²) in [6.45, 7) is 33.1. The Bertz CT molecular complexity index is 1390. The second kappa shape index (κ2) is 17.0. The Morgan fingerprint density at radius 1 is 0.720 bits per heavy atom. The van der Waals surface area contributed by atoms with Gasteiger partial charge in [0.05, 0.1) is 36.8 Å². The first-order chi connectivity index (χ1) is 22.7. The van der Waals surface area contributed by atoms with Crippen LogP contribution in [0, 0.1) is 0 Å². The number of rotatable bonds is 17. The van der Waals surface area contributed by atoms with Crippen molar-refractivity contribution in [1.29, 1.82) is 0 Å². The molecule has 2 aromatic carbocycles. The largest absolute Gasteiger partial charge is 0.488 e. The number of carbonyl (C=O) groups is 2. The van der Waals surface area contributed by atoms with Crippen molar-refractivity contribution in [2.45, 2.75) is 154 Å². The van der Waals surface area contributed by atoms with Crippen LogP contribution in [0.3, 0.4) is 0 Å². The molecule has 0 aliphatic heterocycles. The number of carboxylic acids is 1. The average molecular weight is 746 g/mol. The second-order valence-corrected chi connectivity index (χ2v) is 32.5. The van der Waals surface area contributed by atoms with Crippen molar-refractivity contribution in [2.75, 3.05) is 6.61 Å². The van der Waals surface area contributed by atoms with Crippen LogP contribution in [0.15, 0.2) is 54.6 Å². The van der Waals surface area contributed by atoms with E-state index in [0.29, 0.717) is 24.3 Å². The van der Waals surface area contributed by atoms with Gasteiger partial charge in [0.2, 0.25) is 0 Å². The zero-order chi connectivity index (χ0) is 38.3. The lowest BCUT2D eigenvalue weighted by atomic mass is 10.0. The lowest BCUT2D eigenvalue weighted by Crippen LogP contribution is -2.56. The molecule has 0 unspecified atom stereocenters. The van der Waals surface area contributed by atoms with Gasteiger partial charge in [0.1, 0.15) is 12.4 Å². The zero-order valence-electron chi connectivity index (χ0n) is 33.7. The van der Waals surface area contributed by atoms with Gasteiger partial charge in [-0.1, -0.05) is 105 Å². The van der Waals surface area contributed by atoms with E-state index in [0.717, 1.165) is 5.56 Å². The van der Waals surface area contributed by atoms with Crippen molar-refractivity contribution in [3.8, 4) is 5.75 Å². The van der Waals surface area contributed by atoms with Crippen molar-refractivity contribution in [3.05, 3.63) is 65.7 Å². The summed E-state index contributed by atoms with van der Waals surface area (Å²) in [6, 6.07) is 16.5. The highest BCUT2D eigenvalue weighted by Gasteiger charge is 2.45. The van der Waals surface area contributed by atoms with Gasteiger partial charge in [-0.05, 0) is 78.5 Å². The molecule has 50 heavy (non-hydrogen) atoms. The molecule has 0 heterocycles. The fourth-order valence-electron chi connectivity index (χ4n) is 4.59. The molecule has 0 saturated heterocycles. The number of hydrogen-bond donors (Lipinski definition) is 2. The quantitative estimate of drug-likeness (QED) is 0.155. The van der Waals surface area contributed by atoms with Gasteiger partial charge in [-0.2, -0.15) is 0 Å². The van der Waals surface area contributed by atoms with E-state index in [2.05, 4.69) is 107 Å². The molecule has 3 atom stereocenters. The molecule has 0 radical (unpaired) electrons. The van der Waals surface area contributed by atoms with Crippen LogP contribution in [0.2, 0.25) is 54.4 Å². The zero-order valence-corrected chi connectivity index (χ0v) is 36.7. The molecule has 2 N–H and O–H groups in total. The molecule has 2 aromatic rings. The van der Waals surface area contributed by atoms with Crippen LogP contribution >= 0.6 is 0 Å². The number of benzene rings is 2. The van der Waals surface area contributed by atoms with E-state index < -0.39 is 49.2 Å². The van der Waals surface area contributed by atoms with Crippen LogP contribution < -0.4 is 10.1 Å². The predicted octanol–water partition coefficient (Wildman–Crippen LogP) is 10.0. The molecule has 11 heteroatoms. The van der Waals surface area contributed by atoms with Crippen molar-refractivity contribution in [3.63, 3.8) is 0 Å². The average Bonchev–Trinajstić information content (AvgIpc) is 2.96. The lowest BCUT2D eigenvalue weighted by Gasteiger charge is -2.45. The van der Waals surface area contributed by atoms with Gasteiger partial charge in [-0.15, -0.1) is 0 Å². The maximum absolute atomic E-state index is 14.3. The van der Waals surface area contributed by atoms with Gasteiger partial charge >= 0.3 is 5.97 Å². The number of hydrogen-bond acceptors (Lipinski definition) is 6. The summed E-state index contributed by atoms with van der Waals surface area (Å²) < 4.78 is 27.0. The van der Waals surface area contributed by atoms with E-state index in [1.807, 2.05) is 42.5 Å². The fraction of sp³-hybridized carbons (Fsp3) is 0.641. The van der Waals surface area contributed by atoms with E-state index in [1.54, 1.807) is 12.1 Å². The van der Waals surface area contributed by atoms with E-state index in [-0.39, 0.29) is 34.0 Å². The highest BCUT2D eigenvalue weighted by Crippen LogP contribution is 2.41. The standard InChI is InChI=1S/C39H67NO7Si3/c1-37(2,3)48(10,11)45-28-32(40-36(43)31-23-19-20-24-33(31)44-27-29-21-17-16-18-22-29)34(47-50(14,15)39(7,8)9)25-30(26-35(41)42)46-49(12,13)38(4,5)6/h16-24,30,32,34H,25-28H2,1-15H3,(H,40,43)(H,41,42)/t30-,32+,34-/m1/s1. The van der Waals surface area contributed by atoms with Crippen LogP contribution in [-0.2, 0) is 24.7 Å². The third kappa shape index (κ3) is 12.7. The maximum Gasteiger partial charge on any atom is 0.305 e. The molecule has 0 aliphatic rings. The summed E-state index contributed by atoms with van der Waals surface area (Å²) >= 11 is 0. The van der Waals surface area contributed by atoms with E-state index >= 15 is 0 Å². The van der Waals surface area contributed by atoms with Gasteiger partial charge < -0.3 is 28.4 Å². The number of carbonyl (C=O) groups excluding carboxylic acids is 1. The molecule has 0 bridgehead atoms. The van der Waals surface area contributed by atoms with Gasteiger partial charge in [0.15, 0.2) is 25.0 Å². The Labute approximate surface area is 306 Å². The summed E-state index contributed by atoms with van der Waals surface area (Å²) in [4.78, 5) is 26.6. The molecule has 0 aliphatic carbocycles. The lowest BCUT2D eigenvalue weighted by molar-refractivity contribution is -0.139. The van der Waals surface area contributed by atoms with Crippen molar-refractivity contribution in [2.24, 2.45) is 0 Å². The number of ether oxygens (including phenoxy) is 1. The fourth-order valence-corrected chi connectivity index (χ4v) is 8.35. The highest BCUT2D eigenvalue weighted by atomic mass is 28.4. The molecule has 0 spiro atoms. The van der Waals surface area contributed by atoms with Crippen LogP contribution in [0.5, 0.6) is 5.75 Å². The summed E-state index contributed by atoms with van der Waals surface area (Å²) in [5, 5.41) is 13.0. The molecule has 0 fully saturated rings. The Kier molecular flexibility index (Phi) is 14.9. The smallest absolute Gasteiger partial charge is 0.305 e. The predicted molar refractivity (Wildman–Crippen MR) is 213 cm³/mol. The maximum atomic E-state index is 14.3. The molecule has 0 aromatic heterocycles. The first-order valence-electron chi connectivity index (χ1n) is 17.9. The second-order valence-electron chi connectivity index (χ2n) is 18.2. The Morgan fingerprint density at radius 3 is 1.74 bits per heavy atom. The topological polar surface area (TPSA) is 103 Å². The highest BCUT2D eigenvalue weighted by molar-refractivity contribution is 6.75. The van der Waals surface area contributed by atoms with E-state index in [9.17, 15) is 14.7 Å². The number of nitrogens with one attached hydrogen (secondary N) is 1. The minimum atomic E-state index is -2.45. The molecular weight excluding hydrogens is 679 g/mol. The third-order valence-corrected chi connectivity index (χ3v) is 24.5.